The second-order valence-corrected chi connectivity index (χ2v) is 10.0. The number of carbonyl (C=O) groups excluding carboxylic acids is 1. The van der Waals surface area contributed by atoms with Gasteiger partial charge in [0.25, 0.3) is 0 Å². The Morgan fingerprint density at radius 1 is 1.44 bits per heavy atom. The molecule has 1 aliphatic heterocycles. The number of nitrogens with one attached hydrogen (secondary N) is 1. The van der Waals surface area contributed by atoms with Crippen LogP contribution in [0.3, 0.4) is 0 Å². The van der Waals surface area contributed by atoms with E-state index in [4.69, 9.17) is 14.8 Å². The van der Waals surface area contributed by atoms with Crippen molar-refractivity contribution in [1.29, 1.82) is 0 Å². The van der Waals surface area contributed by atoms with E-state index in [-0.39, 0.29) is 24.7 Å². The Labute approximate surface area is 188 Å². The third-order valence-corrected chi connectivity index (χ3v) is 7.72. The summed E-state index contributed by atoms with van der Waals surface area (Å²) in [6.45, 7) is 1.27. The van der Waals surface area contributed by atoms with Crippen molar-refractivity contribution < 1.29 is 28.3 Å². The summed E-state index contributed by atoms with van der Waals surface area (Å²) < 4.78 is 30.4. The van der Waals surface area contributed by atoms with Crippen molar-refractivity contribution in [2.75, 3.05) is 19.5 Å². The molecule has 0 spiro atoms. The number of hydrogen-bond acceptors (Lipinski definition) is 11. The fraction of sp³-hybridized carbons (Fsp3) is 0.444. The molecule has 1 aromatic carbocycles. The lowest BCUT2D eigenvalue weighted by Crippen LogP contribution is -2.35. The van der Waals surface area contributed by atoms with Gasteiger partial charge in [0.1, 0.15) is 18.1 Å². The number of ether oxygens (including phenoxy) is 1. The van der Waals surface area contributed by atoms with E-state index in [2.05, 4.69) is 19.8 Å². The Morgan fingerprint density at radius 3 is 2.81 bits per heavy atom. The van der Waals surface area contributed by atoms with Gasteiger partial charge in [0.05, 0.1) is 30.4 Å². The summed E-state index contributed by atoms with van der Waals surface area (Å²) in [5.41, 5.74) is 4.83. The highest BCUT2D eigenvalue weighted by Gasteiger charge is 2.39. The van der Waals surface area contributed by atoms with Crippen LogP contribution in [0.15, 0.2) is 41.5 Å². The number of nitrogens with zero attached hydrogens (tertiary/aromatic N) is 3. The van der Waals surface area contributed by atoms with Gasteiger partial charge >= 0.3 is 19.4 Å². The topological polar surface area (TPSA) is 168 Å². The van der Waals surface area contributed by atoms with Crippen LogP contribution in [0.4, 0.5) is 5.95 Å². The lowest BCUT2D eigenvalue weighted by molar-refractivity contribution is -0.142. The molecule has 0 saturated carbocycles. The van der Waals surface area contributed by atoms with Gasteiger partial charge in [0.2, 0.25) is 5.95 Å². The summed E-state index contributed by atoms with van der Waals surface area (Å²) in [7, 11) is -2.83. The van der Waals surface area contributed by atoms with Crippen LogP contribution in [0.1, 0.15) is 18.7 Å². The number of aliphatic hydroxyl groups excluding tert-OH is 1. The maximum Gasteiger partial charge on any atom is 0.459 e. The molecule has 2 heterocycles. The zero-order chi connectivity index (χ0) is 23.3. The van der Waals surface area contributed by atoms with Crippen LogP contribution in [0.5, 0.6) is 5.75 Å². The molecular formula is C18H24N5O7PS. The van der Waals surface area contributed by atoms with Gasteiger partial charge < -0.3 is 20.1 Å². The number of nitrogen functional groups attached to an aromatic ring is 1. The van der Waals surface area contributed by atoms with Crippen molar-refractivity contribution in [2.45, 2.75) is 36.1 Å². The predicted molar refractivity (Wildman–Crippen MR) is 117 cm³/mol. The molecule has 4 N–H and O–H groups in total. The minimum absolute atomic E-state index is 0.139. The highest BCUT2D eigenvalue weighted by atomic mass is 32.2. The number of anilines is 1. The number of aliphatic hydroxyl groups is 1. The Hall–Kier alpha value is -2.44. The highest BCUT2D eigenvalue weighted by molar-refractivity contribution is 8.00. The third kappa shape index (κ3) is 6.08. The minimum Gasteiger partial charge on any atom is -0.468 e. The Balaban J connectivity index is 1.71. The van der Waals surface area contributed by atoms with E-state index >= 15 is 0 Å². The molecule has 12 nitrogen and oxygen atoms in total. The van der Waals surface area contributed by atoms with Crippen molar-refractivity contribution in [3.8, 4) is 5.75 Å². The smallest absolute Gasteiger partial charge is 0.459 e. The van der Waals surface area contributed by atoms with Crippen LogP contribution in [0.25, 0.3) is 0 Å². The molecule has 32 heavy (non-hydrogen) atoms. The molecule has 174 valence electrons. The first-order chi connectivity index (χ1) is 15.2. The maximum atomic E-state index is 13.4. The largest absolute Gasteiger partial charge is 0.468 e. The van der Waals surface area contributed by atoms with Gasteiger partial charge in [0, 0.05) is 6.42 Å². The molecule has 0 radical (unpaired) electrons. The van der Waals surface area contributed by atoms with Gasteiger partial charge in [-0.2, -0.15) is 10.1 Å². The van der Waals surface area contributed by atoms with Crippen LogP contribution in [0.2, 0.25) is 0 Å². The van der Waals surface area contributed by atoms with Gasteiger partial charge in [-0.05, 0) is 19.1 Å². The number of aromatic nitrogens is 3. The number of rotatable bonds is 9. The average Bonchev–Trinajstić information content (AvgIpc) is 3.12. The second-order valence-electron chi connectivity index (χ2n) is 6.91. The lowest BCUT2D eigenvalue weighted by Gasteiger charge is -2.24. The van der Waals surface area contributed by atoms with Gasteiger partial charge in [-0.15, -0.1) is 11.8 Å². The molecule has 2 unspecified atom stereocenters. The van der Waals surface area contributed by atoms with Crippen molar-refractivity contribution in [3.63, 3.8) is 0 Å². The molecule has 0 aliphatic carbocycles. The number of hydrogen-bond donors (Lipinski definition) is 3. The number of nitrogens with two attached hydrogens (primary N) is 1. The van der Waals surface area contributed by atoms with Crippen molar-refractivity contribution in [3.05, 3.63) is 47.1 Å². The molecular weight excluding hydrogens is 461 g/mol. The highest BCUT2D eigenvalue weighted by Crippen LogP contribution is 2.48. The van der Waals surface area contributed by atoms with Crippen LogP contribution >= 0.6 is 19.5 Å². The molecule has 0 amide bonds. The zero-order valence-corrected chi connectivity index (χ0v) is 19.1. The summed E-state index contributed by atoms with van der Waals surface area (Å²) in [6, 6.07) is 7.34. The third-order valence-electron chi connectivity index (χ3n) is 4.54. The molecule has 2 aromatic rings. The standard InChI is InChI=1S/C18H24N5O7PS/c1-11(16(25)28-2)22-31(27,30-12-6-4-3-5-7-12)29-9-14-13(24)8-15(32-14)23-10-20-17(19)21-18(23)26/h3-7,10-11,13-15,24H,8-9H2,1-2H3,(H,22,27)(H2,19,21,26)/t11-,13?,14?,15+,31-/m0/s1. The molecule has 1 aromatic heterocycles. The van der Waals surface area contributed by atoms with Crippen LogP contribution in [-0.2, 0) is 18.6 Å². The normalized spacial score (nSPS) is 23.3. The van der Waals surface area contributed by atoms with Crippen LogP contribution < -0.4 is 21.0 Å². The van der Waals surface area contributed by atoms with E-state index in [1.54, 1.807) is 30.3 Å². The molecule has 1 fully saturated rings. The molecule has 1 saturated heterocycles. The number of benzene rings is 1. The van der Waals surface area contributed by atoms with Crippen molar-refractivity contribution >= 4 is 31.4 Å². The van der Waals surface area contributed by atoms with Gasteiger partial charge in [0.15, 0.2) is 0 Å². The quantitative estimate of drug-likeness (QED) is 0.340. The molecule has 5 atom stereocenters. The van der Waals surface area contributed by atoms with Crippen molar-refractivity contribution in [2.24, 2.45) is 0 Å². The van der Waals surface area contributed by atoms with E-state index in [1.165, 1.54) is 36.7 Å². The van der Waals surface area contributed by atoms with E-state index in [0.717, 1.165) is 0 Å². The van der Waals surface area contributed by atoms with Gasteiger partial charge in [-0.3, -0.25) is 13.9 Å². The molecule has 1 aliphatic rings. The van der Waals surface area contributed by atoms with Gasteiger partial charge in [-0.1, -0.05) is 18.2 Å². The summed E-state index contributed by atoms with van der Waals surface area (Å²) in [4.78, 5) is 31.3. The lowest BCUT2D eigenvalue weighted by atomic mass is 10.2. The van der Waals surface area contributed by atoms with Crippen LogP contribution in [0, 0.1) is 0 Å². The predicted octanol–water partition coefficient (Wildman–Crippen LogP) is 0.940. The van der Waals surface area contributed by atoms with E-state index in [0.29, 0.717) is 0 Å². The van der Waals surface area contributed by atoms with Gasteiger partial charge in [-0.25, -0.2) is 14.3 Å². The summed E-state index contributed by atoms with van der Waals surface area (Å²) in [5.74, 6) is -0.522. The molecule has 14 heteroatoms. The summed E-state index contributed by atoms with van der Waals surface area (Å²) in [6.07, 6.45) is 0.626. The fourth-order valence-corrected chi connectivity index (χ4v) is 5.98. The summed E-state index contributed by atoms with van der Waals surface area (Å²) in [5, 5.41) is 12.0. The first-order valence-electron chi connectivity index (χ1n) is 9.60. The molecule has 0 bridgehead atoms. The Bertz CT molecular complexity index is 1040. The van der Waals surface area contributed by atoms with E-state index in [9.17, 15) is 19.3 Å². The van der Waals surface area contributed by atoms with E-state index < -0.39 is 42.2 Å². The number of thioether (sulfide) groups is 1. The first kappa shape index (κ1) is 24.2. The number of esters is 1. The number of carbonyl (C=O) groups is 1. The van der Waals surface area contributed by atoms with Crippen molar-refractivity contribution in [1.82, 2.24) is 19.6 Å². The summed E-state index contributed by atoms with van der Waals surface area (Å²) >= 11 is 1.24. The zero-order valence-electron chi connectivity index (χ0n) is 17.4. The van der Waals surface area contributed by atoms with Crippen LogP contribution in [-0.4, -0.2) is 56.7 Å². The fourth-order valence-electron chi connectivity index (χ4n) is 2.94. The number of para-hydroxylation sites is 1. The first-order valence-corrected chi connectivity index (χ1v) is 12.1. The Kier molecular flexibility index (Phi) is 7.91. The monoisotopic (exact) mass is 485 g/mol. The minimum atomic E-state index is -4.04. The second kappa shape index (κ2) is 10.5. The Morgan fingerprint density at radius 2 is 2.16 bits per heavy atom. The number of methoxy groups -OCH3 is 1. The SMILES string of the molecule is COC(=O)[C@H](C)N[P@](=O)(OCC1S[C@@H](n2cnc(N)nc2=O)CC1O)Oc1ccccc1. The molecule has 3 rings (SSSR count). The maximum absolute atomic E-state index is 13.4. The van der Waals surface area contributed by atoms with E-state index in [1.807, 2.05) is 0 Å². The average molecular weight is 485 g/mol.